The van der Waals surface area contributed by atoms with Crippen molar-refractivity contribution < 1.29 is 16.0 Å². The SMILES string of the molecule is N#[C][Cu].[LiH]. The molecule has 0 N–H and O–H groups in total. The van der Waals surface area contributed by atoms with Gasteiger partial charge in [0.2, 0.25) is 0 Å². The molecule has 0 spiro atoms. The molecule has 0 rings (SSSR count). The number of nitrogens with zero attached hydrogens (tertiary/aromatic N) is 1. The Morgan fingerprint density at radius 1 is 1.75 bits per heavy atom. The van der Waals surface area contributed by atoms with Gasteiger partial charge in [-0.15, -0.1) is 0 Å². The molecule has 4 heavy (non-hydrogen) atoms. The Morgan fingerprint density at radius 2 is 1.75 bits per heavy atom. The molecule has 0 aromatic carbocycles. The third-order valence-corrected chi connectivity index (χ3v) is 0. The minimum absolute atomic E-state index is 0. The molecule has 0 heterocycles. The van der Waals surface area contributed by atoms with E-state index in [1.54, 1.807) is 0 Å². The fourth-order valence-corrected chi connectivity index (χ4v) is 0. The predicted molar refractivity (Wildman–Crippen MR) is 12.8 cm³/mol. The van der Waals surface area contributed by atoms with Crippen LogP contribution in [0.5, 0.6) is 0 Å². The predicted octanol–water partition coefficient (Wildman–Crippen LogP) is -0.634. The second-order valence-electron chi connectivity index (χ2n) is 0.0674. The van der Waals surface area contributed by atoms with Crippen molar-refractivity contribution in [2.45, 2.75) is 0 Å². The summed E-state index contributed by atoms with van der Waals surface area (Å²) in [6, 6.07) is 0. The van der Waals surface area contributed by atoms with Crippen LogP contribution in [0.15, 0.2) is 0 Å². The molecule has 0 aromatic heterocycles. The average Bonchev–Trinajstić information content (AvgIpc) is 0.918. The first-order valence-corrected chi connectivity index (χ1v) is 0.845. The molecule has 0 radical (unpaired) electrons. The van der Waals surface area contributed by atoms with Crippen molar-refractivity contribution in [2.75, 3.05) is 0 Å². The summed E-state index contributed by atoms with van der Waals surface area (Å²) in [5, 5.41) is 7.12. The molecule has 22 valence electrons. The molecule has 0 saturated carbocycles. The van der Waals surface area contributed by atoms with E-state index in [1.165, 1.54) is 4.97 Å². The van der Waals surface area contributed by atoms with Gasteiger partial charge in [0.25, 0.3) is 0 Å². The summed E-state index contributed by atoms with van der Waals surface area (Å²) < 4.78 is 0. The zero-order valence-corrected chi connectivity index (χ0v) is 2.19. The van der Waals surface area contributed by atoms with Crippen LogP contribution in [0.3, 0.4) is 0 Å². The monoisotopic (exact) mass is 97.0 g/mol. The van der Waals surface area contributed by atoms with E-state index in [2.05, 4.69) is 16.0 Å². The first kappa shape index (κ1) is 8.82. The summed E-state index contributed by atoms with van der Waals surface area (Å²) in [4.78, 5) is 1.31. The standard InChI is InChI=1S/CN.Cu.Li.H/c1-2;;;. The first-order chi connectivity index (χ1) is 1.41. The Kier molecular flexibility index (Phi) is 20.9. The van der Waals surface area contributed by atoms with E-state index in [1.807, 2.05) is 0 Å². The van der Waals surface area contributed by atoms with Gasteiger partial charge >= 0.3 is 45.1 Å². The van der Waals surface area contributed by atoms with Crippen LogP contribution in [-0.4, -0.2) is 18.9 Å². The molecule has 3 heteroatoms. The van der Waals surface area contributed by atoms with Gasteiger partial charge in [0.15, 0.2) is 0 Å². The summed E-state index contributed by atoms with van der Waals surface area (Å²) in [5.74, 6) is 0. The van der Waals surface area contributed by atoms with Crippen molar-refractivity contribution in [2.24, 2.45) is 0 Å². The molecule has 0 unspecified atom stereocenters. The summed E-state index contributed by atoms with van der Waals surface area (Å²) in [7, 11) is 0. The van der Waals surface area contributed by atoms with Crippen LogP contribution in [0.1, 0.15) is 0 Å². The fourth-order valence-electron chi connectivity index (χ4n) is 0. The van der Waals surface area contributed by atoms with Crippen LogP contribution in [0.4, 0.5) is 0 Å². The van der Waals surface area contributed by atoms with Crippen LogP contribution in [0.25, 0.3) is 0 Å². The quantitative estimate of drug-likeness (QED) is 0.369. The Morgan fingerprint density at radius 3 is 1.75 bits per heavy atom. The first-order valence-electron chi connectivity index (χ1n) is 0.374. The normalized spacial score (nSPS) is 2.25. The summed E-state index contributed by atoms with van der Waals surface area (Å²) in [6.07, 6.45) is 0. The van der Waals surface area contributed by atoms with Crippen molar-refractivity contribution in [1.82, 2.24) is 0 Å². The molecule has 0 fully saturated rings. The molecule has 0 aliphatic heterocycles. The molecular formula is CHCuLiN. The molecule has 0 aromatic rings. The molecular weight excluding hydrogens is 96.5 g/mol. The van der Waals surface area contributed by atoms with Crippen molar-refractivity contribution >= 4 is 18.9 Å². The fraction of sp³-hybridized carbons (Fsp3) is 0. The van der Waals surface area contributed by atoms with Gasteiger partial charge < -0.3 is 0 Å². The number of nitriles is 1. The van der Waals surface area contributed by atoms with E-state index >= 15 is 0 Å². The maximum atomic E-state index is 7.12. The molecule has 0 saturated heterocycles. The van der Waals surface area contributed by atoms with Gasteiger partial charge in [-0.1, -0.05) is 0 Å². The van der Waals surface area contributed by atoms with Crippen molar-refractivity contribution in [3.05, 3.63) is 0 Å². The second kappa shape index (κ2) is 9.49. The van der Waals surface area contributed by atoms with E-state index < -0.39 is 0 Å². The Labute approximate surface area is 45.4 Å². The van der Waals surface area contributed by atoms with Crippen LogP contribution >= 0.6 is 0 Å². The zero-order chi connectivity index (χ0) is 2.71. The second-order valence-corrected chi connectivity index (χ2v) is 0.278. The Hall–Kier alpha value is 0.607. The summed E-state index contributed by atoms with van der Waals surface area (Å²) in [5.41, 5.74) is 0. The van der Waals surface area contributed by atoms with Crippen LogP contribution in [-0.2, 0) is 16.0 Å². The van der Waals surface area contributed by atoms with E-state index in [-0.39, 0.29) is 18.9 Å². The number of rotatable bonds is 0. The van der Waals surface area contributed by atoms with Gasteiger partial charge in [0.1, 0.15) is 0 Å². The number of hydrogen-bond donors (Lipinski definition) is 0. The van der Waals surface area contributed by atoms with Gasteiger partial charge in [0.05, 0.1) is 0 Å². The van der Waals surface area contributed by atoms with E-state index in [4.69, 9.17) is 5.26 Å². The molecule has 0 aliphatic rings. The van der Waals surface area contributed by atoms with E-state index in [0.29, 0.717) is 0 Å². The molecule has 0 atom stereocenters. The third kappa shape index (κ3) is 18.3. The maximum absolute atomic E-state index is 7.12. The average molecular weight is 97.5 g/mol. The minimum atomic E-state index is 0. The topological polar surface area (TPSA) is 23.8 Å². The molecule has 0 aliphatic carbocycles. The van der Waals surface area contributed by atoms with Gasteiger partial charge in [-0.05, 0) is 0 Å². The summed E-state index contributed by atoms with van der Waals surface area (Å²) >= 11 is 3.81. The van der Waals surface area contributed by atoms with Gasteiger partial charge in [-0.3, -0.25) is 0 Å². The van der Waals surface area contributed by atoms with Crippen LogP contribution < -0.4 is 0 Å². The third-order valence-electron chi connectivity index (χ3n) is 0. The number of hydrogen-bond acceptors (Lipinski definition) is 1. The van der Waals surface area contributed by atoms with Gasteiger partial charge in [-0.2, -0.15) is 0 Å². The zero-order valence-electron chi connectivity index (χ0n) is 1.25. The Balaban J connectivity index is 0. The van der Waals surface area contributed by atoms with Gasteiger partial charge in [-0.25, -0.2) is 0 Å². The van der Waals surface area contributed by atoms with Crippen LogP contribution in [0.2, 0.25) is 0 Å². The van der Waals surface area contributed by atoms with Gasteiger partial charge in [0, 0.05) is 0 Å². The van der Waals surface area contributed by atoms with Crippen LogP contribution in [0, 0.1) is 10.2 Å². The summed E-state index contributed by atoms with van der Waals surface area (Å²) in [6.45, 7) is 0. The molecule has 0 amide bonds. The molecule has 0 bridgehead atoms. The van der Waals surface area contributed by atoms with E-state index in [9.17, 15) is 0 Å². The van der Waals surface area contributed by atoms with Crippen molar-refractivity contribution in [3.63, 3.8) is 0 Å². The molecule has 1 nitrogen and oxygen atoms in total. The Bertz CT molecular complexity index is 29.5. The van der Waals surface area contributed by atoms with E-state index in [0.717, 1.165) is 0 Å². The van der Waals surface area contributed by atoms with Crippen molar-refractivity contribution in [3.8, 4) is 4.97 Å². The van der Waals surface area contributed by atoms with Crippen molar-refractivity contribution in [1.29, 1.82) is 5.26 Å².